The summed E-state index contributed by atoms with van der Waals surface area (Å²) in [5.41, 5.74) is 2.05. The summed E-state index contributed by atoms with van der Waals surface area (Å²) in [5.74, 6) is -0.130. The Morgan fingerprint density at radius 1 is 1.10 bits per heavy atom. The molecule has 1 aliphatic rings. The molecule has 0 spiro atoms. The fourth-order valence-electron chi connectivity index (χ4n) is 3.66. The normalized spacial score (nSPS) is 14.8. The van der Waals surface area contributed by atoms with Crippen LogP contribution in [0.15, 0.2) is 82.6 Å². The van der Waals surface area contributed by atoms with Crippen LogP contribution in [0.4, 0.5) is 5.69 Å². The van der Waals surface area contributed by atoms with Crippen LogP contribution < -0.4 is 14.7 Å². The molecule has 0 saturated carbocycles. The third kappa shape index (κ3) is 2.84. The second-order valence-electron chi connectivity index (χ2n) is 6.64. The van der Waals surface area contributed by atoms with Crippen molar-refractivity contribution in [2.24, 2.45) is 0 Å². The lowest BCUT2D eigenvalue weighted by molar-refractivity contribution is -0.765. The van der Waals surface area contributed by atoms with E-state index >= 15 is 0 Å². The first-order valence-electron chi connectivity index (χ1n) is 9.25. The number of thioether (sulfide) groups is 1. The van der Waals surface area contributed by atoms with Crippen LogP contribution in [-0.4, -0.2) is 22.2 Å². The Bertz CT molecular complexity index is 1230. The molecule has 8 heteroatoms. The topological polar surface area (TPSA) is 86.2 Å². The van der Waals surface area contributed by atoms with E-state index in [1.165, 1.54) is 18.0 Å². The number of benzene rings is 2. The van der Waals surface area contributed by atoms with E-state index in [0.717, 1.165) is 0 Å². The average molecular weight is 416 g/mol. The molecular weight excluding hydrogens is 400 g/mol. The number of carbonyl (C=O) groups excluding carboxylic acids is 1. The molecule has 2 aromatic carbocycles. The number of hydrogen-bond donors (Lipinski definition) is 0. The van der Waals surface area contributed by atoms with Gasteiger partial charge in [-0.2, -0.15) is 0 Å². The molecule has 2 aromatic heterocycles. The Kier molecular flexibility index (Phi) is 4.48. The average Bonchev–Trinajstić information content (AvgIpc) is 3.32. The van der Waals surface area contributed by atoms with Crippen LogP contribution in [0.2, 0.25) is 0 Å². The van der Waals surface area contributed by atoms with E-state index in [0.29, 0.717) is 33.4 Å². The standard InChI is InChI=1S/C22H16N4O3S/c1-30-22-23-19(27)18-15-10-5-6-11-16(15)25(21(28)14-8-3-2-4-9-14)20(26(18)24-22)17-12-7-13-29-17/h2-13,20H,1H3. The lowest BCUT2D eigenvalue weighted by Crippen LogP contribution is -2.59. The van der Waals surface area contributed by atoms with Crippen molar-refractivity contribution in [2.45, 2.75) is 11.3 Å². The maximum absolute atomic E-state index is 13.7. The van der Waals surface area contributed by atoms with Crippen molar-refractivity contribution in [2.75, 3.05) is 11.2 Å². The van der Waals surface area contributed by atoms with Crippen LogP contribution in [0.1, 0.15) is 22.3 Å². The summed E-state index contributed by atoms with van der Waals surface area (Å²) in [7, 11) is 0. The maximum atomic E-state index is 13.7. The Labute approximate surface area is 176 Å². The predicted octanol–water partition coefficient (Wildman–Crippen LogP) is 3.03. The molecule has 7 nitrogen and oxygen atoms in total. The second-order valence-corrected chi connectivity index (χ2v) is 7.42. The van der Waals surface area contributed by atoms with Crippen LogP contribution in [0.25, 0.3) is 11.3 Å². The van der Waals surface area contributed by atoms with Gasteiger partial charge in [-0.05, 0) is 47.3 Å². The highest BCUT2D eigenvalue weighted by atomic mass is 32.2. The zero-order valence-electron chi connectivity index (χ0n) is 15.9. The summed E-state index contributed by atoms with van der Waals surface area (Å²) in [6.07, 6.45) is 2.57. The number of rotatable bonds is 3. The quantitative estimate of drug-likeness (QED) is 0.377. The Balaban J connectivity index is 1.82. The molecule has 148 valence electrons. The zero-order chi connectivity index (χ0) is 20.7. The maximum Gasteiger partial charge on any atom is 0.325 e. The summed E-state index contributed by atoms with van der Waals surface area (Å²) >= 11 is 1.27. The monoisotopic (exact) mass is 416 g/mol. The van der Waals surface area contributed by atoms with E-state index < -0.39 is 12.0 Å². The van der Waals surface area contributed by atoms with E-state index in [2.05, 4.69) is 10.1 Å². The van der Waals surface area contributed by atoms with E-state index in [1.807, 2.05) is 36.4 Å². The molecule has 0 fully saturated rings. The molecule has 5 rings (SSSR count). The van der Waals surface area contributed by atoms with Crippen LogP contribution in [0, 0.1) is 0 Å². The molecule has 0 aliphatic carbocycles. The summed E-state index contributed by atoms with van der Waals surface area (Å²) in [6.45, 7) is 0. The van der Waals surface area contributed by atoms with E-state index in [4.69, 9.17) is 4.42 Å². The van der Waals surface area contributed by atoms with Crippen molar-refractivity contribution in [1.29, 1.82) is 0 Å². The zero-order valence-corrected chi connectivity index (χ0v) is 16.7. The first kappa shape index (κ1) is 18.4. The van der Waals surface area contributed by atoms with Gasteiger partial charge in [0.1, 0.15) is 0 Å². The van der Waals surface area contributed by atoms with E-state index in [-0.39, 0.29) is 5.91 Å². The van der Waals surface area contributed by atoms with Crippen molar-refractivity contribution >= 4 is 23.4 Å². The molecule has 0 saturated heterocycles. The third-order valence-electron chi connectivity index (χ3n) is 4.94. The minimum absolute atomic E-state index is 0.223. The van der Waals surface area contributed by atoms with Gasteiger partial charge in [-0.15, -0.1) is 0 Å². The van der Waals surface area contributed by atoms with Crippen LogP contribution in [-0.2, 0) is 0 Å². The number of hydrogen-bond acceptors (Lipinski definition) is 6. The SMILES string of the molecule is CSc1nc([O-])c2[n+](n1)C(c1ccco1)N(C(=O)c1ccccc1)c1ccccc1-2. The van der Waals surface area contributed by atoms with Crippen LogP contribution in [0.3, 0.4) is 0 Å². The molecule has 0 bridgehead atoms. The summed E-state index contributed by atoms with van der Waals surface area (Å²) in [4.78, 5) is 19.4. The fraction of sp³-hybridized carbons (Fsp3) is 0.0909. The Morgan fingerprint density at radius 3 is 2.60 bits per heavy atom. The molecule has 1 amide bonds. The van der Waals surface area contributed by atoms with Gasteiger partial charge in [-0.25, -0.2) is 9.88 Å². The highest BCUT2D eigenvalue weighted by Crippen LogP contribution is 2.41. The second kappa shape index (κ2) is 7.31. The summed E-state index contributed by atoms with van der Waals surface area (Å²) < 4.78 is 7.24. The molecule has 4 aromatic rings. The van der Waals surface area contributed by atoms with Gasteiger partial charge in [-0.1, -0.05) is 42.1 Å². The molecule has 3 heterocycles. The largest absolute Gasteiger partial charge is 0.854 e. The van der Waals surface area contributed by atoms with Crippen molar-refractivity contribution in [3.05, 3.63) is 84.3 Å². The first-order chi connectivity index (χ1) is 14.7. The Morgan fingerprint density at radius 2 is 1.87 bits per heavy atom. The molecule has 30 heavy (non-hydrogen) atoms. The lowest BCUT2D eigenvalue weighted by Gasteiger charge is -2.32. The number of furan rings is 1. The van der Waals surface area contributed by atoms with Gasteiger partial charge < -0.3 is 9.52 Å². The van der Waals surface area contributed by atoms with Gasteiger partial charge in [0.2, 0.25) is 0 Å². The number of carbonyl (C=O) groups is 1. The van der Waals surface area contributed by atoms with Gasteiger partial charge in [-0.3, -0.25) is 4.79 Å². The number of nitrogens with zero attached hydrogens (tertiary/aromatic N) is 4. The van der Waals surface area contributed by atoms with Gasteiger partial charge in [0, 0.05) is 10.7 Å². The smallest absolute Gasteiger partial charge is 0.325 e. The Hall–Kier alpha value is -3.65. The van der Waals surface area contributed by atoms with Gasteiger partial charge >= 0.3 is 6.17 Å². The van der Waals surface area contributed by atoms with Crippen molar-refractivity contribution in [1.82, 2.24) is 10.1 Å². The van der Waals surface area contributed by atoms with Crippen LogP contribution in [0.5, 0.6) is 5.88 Å². The number of fused-ring (bicyclic) bond motifs is 3. The number of para-hydroxylation sites is 1. The minimum atomic E-state index is -0.765. The molecule has 1 atom stereocenters. The van der Waals surface area contributed by atoms with E-state index in [9.17, 15) is 9.90 Å². The summed E-state index contributed by atoms with van der Waals surface area (Å²) in [5, 5.41) is 17.8. The number of amides is 1. The fourth-order valence-corrected chi connectivity index (χ4v) is 4.00. The highest BCUT2D eigenvalue weighted by molar-refractivity contribution is 7.98. The highest BCUT2D eigenvalue weighted by Gasteiger charge is 2.46. The van der Waals surface area contributed by atoms with Crippen LogP contribution >= 0.6 is 11.8 Å². The molecule has 1 aliphatic heterocycles. The van der Waals surface area contributed by atoms with Gasteiger partial charge in [0.15, 0.2) is 5.76 Å². The summed E-state index contributed by atoms with van der Waals surface area (Å²) in [6, 6.07) is 19.8. The molecule has 0 radical (unpaired) electrons. The first-order valence-corrected chi connectivity index (χ1v) is 10.5. The molecule has 1 unspecified atom stereocenters. The third-order valence-corrected chi connectivity index (χ3v) is 5.47. The van der Waals surface area contributed by atoms with Gasteiger partial charge in [0.05, 0.1) is 23.4 Å². The molecule has 0 N–H and O–H groups in total. The molecular formula is C22H16N4O3S. The number of anilines is 1. The lowest BCUT2D eigenvalue weighted by atomic mass is 10.0. The van der Waals surface area contributed by atoms with E-state index in [1.54, 1.807) is 46.2 Å². The van der Waals surface area contributed by atoms with Gasteiger partial charge in [0.25, 0.3) is 16.8 Å². The minimum Gasteiger partial charge on any atom is -0.854 e. The predicted molar refractivity (Wildman–Crippen MR) is 109 cm³/mol. The van der Waals surface area contributed by atoms with Crippen molar-refractivity contribution in [3.63, 3.8) is 0 Å². The number of aromatic nitrogens is 3. The van der Waals surface area contributed by atoms with Crippen molar-refractivity contribution < 1.29 is 19.0 Å². The van der Waals surface area contributed by atoms with Crippen molar-refractivity contribution in [3.8, 4) is 17.1 Å².